The quantitative estimate of drug-likeness (QED) is 0.529. The van der Waals surface area contributed by atoms with Crippen LogP contribution in [0.4, 0.5) is 0 Å². The Balaban J connectivity index is 1.59. The Labute approximate surface area is 183 Å². The molecule has 1 unspecified atom stereocenters. The van der Waals surface area contributed by atoms with Crippen molar-refractivity contribution in [2.45, 2.75) is 64.1 Å². The van der Waals surface area contributed by atoms with E-state index in [2.05, 4.69) is 63.5 Å². The molecule has 168 valence electrons. The first-order valence-electron chi connectivity index (χ1n) is 11.7. The summed E-state index contributed by atoms with van der Waals surface area (Å²) in [6, 6.07) is 10.0. The third-order valence-electron chi connectivity index (χ3n) is 6.62. The summed E-state index contributed by atoms with van der Waals surface area (Å²) in [5.74, 6) is 1.84. The minimum atomic E-state index is 0.345. The van der Waals surface area contributed by atoms with E-state index in [1.807, 2.05) is 7.05 Å². The summed E-state index contributed by atoms with van der Waals surface area (Å²) in [5.41, 5.74) is 1.34. The zero-order valence-electron chi connectivity index (χ0n) is 19.4. The molecular weight excluding hydrogens is 374 g/mol. The van der Waals surface area contributed by atoms with Gasteiger partial charge in [0.05, 0.1) is 13.2 Å². The zero-order chi connectivity index (χ0) is 21.3. The fourth-order valence-corrected chi connectivity index (χ4v) is 4.66. The fourth-order valence-electron chi connectivity index (χ4n) is 4.66. The van der Waals surface area contributed by atoms with Crippen LogP contribution in [0.25, 0.3) is 0 Å². The standard InChI is InChI=1S/C24H41N5O/c1-19(2)28-16-12-21(13-17-28)27-24(25-3)26-18-23(29-14-6-5-7-15-29)20-8-10-22(30-4)11-9-20/h8-11,19,21,23H,5-7,12-18H2,1-4H3,(H2,25,26,27). The van der Waals surface area contributed by atoms with E-state index >= 15 is 0 Å². The van der Waals surface area contributed by atoms with Crippen molar-refractivity contribution >= 4 is 5.96 Å². The van der Waals surface area contributed by atoms with Crippen LogP contribution < -0.4 is 15.4 Å². The average Bonchev–Trinajstić information content (AvgIpc) is 2.80. The number of rotatable bonds is 7. The molecule has 0 aromatic heterocycles. The lowest BCUT2D eigenvalue weighted by molar-refractivity contribution is 0.162. The Morgan fingerprint density at radius 3 is 2.27 bits per heavy atom. The summed E-state index contributed by atoms with van der Waals surface area (Å²) in [5, 5.41) is 7.29. The minimum absolute atomic E-state index is 0.345. The molecule has 30 heavy (non-hydrogen) atoms. The highest BCUT2D eigenvalue weighted by Crippen LogP contribution is 2.26. The average molecular weight is 416 g/mol. The molecule has 0 amide bonds. The number of piperidine rings is 2. The number of hydrogen-bond acceptors (Lipinski definition) is 4. The summed E-state index contributed by atoms with van der Waals surface area (Å²) >= 11 is 0. The SMILES string of the molecule is CN=C(NCC(c1ccc(OC)cc1)N1CCCCC1)NC1CCN(C(C)C)CC1. The van der Waals surface area contributed by atoms with Gasteiger partial charge in [-0.25, -0.2) is 0 Å². The van der Waals surface area contributed by atoms with E-state index in [0.29, 0.717) is 18.1 Å². The number of aliphatic imine (C=N–C) groups is 1. The molecule has 1 aromatic carbocycles. The highest BCUT2D eigenvalue weighted by Gasteiger charge is 2.24. The molecule has 0 spiro atoms. The summed E-state index contributed by atoms with van der Waals surface area (Å²) < 4.78 is 5.36. The molecular formula is C24H41N5O. The van der Waals surface area contributed by atoms with Crippen LogP contribution in [0.3, 0.4) is 0 Å². The molecule has 3 rings (SSSR count). The lowest BCUT2D eigenvalue weighted by atomic mass is 10.0. The van der Waals surface area contributed by atoms with Crippen LogP contribution in [0.5, 0.6) is 5.75 Å². The summed E-state index contributed by atoms with van der Waals surface area (Å²) in [7, 11) is 3.60. The van der Waals surface area contributed by atoms with Gasteiger partial charge in [0.15, 0.2) is 5.96 Å². The Morgan fingerprint density at radius 2 is 1.70 bits per heavy atom. The monoisotopic (exact) mass is 415 g/mol. The molecule has 0 bridgehead atoms. The van der Waals surface area contributed by atoms with Gasteiger partial charge in [-0.3, -0.25) is 9.89 Å². The summed E-state index contributed by atoms with van der Waals surface area (Å²) in [4.78, 5) is 9.69. The van der Waals surface area contributed by atoms with Gasteiger partial charge in [-0.05, 0) is 70.3 Å². The molecule has 6 heteroatoms. The second kappa shape index (κ2) is 11.6. The maximum Gasteiger partial charge on any atom is 0.191 e. The van der Waals surface area contributed by atoms with Crippen molar-refractivity contribution in [3.8, 4) is 5.75 Å². The minimum Gasteiger partial charge on any atom is -0.497 e. The van der Waals surface area contributed by atoms with Crippen molar-refractivity contribution in [3.05, 3.63) is 29.8 Å². The highest BCUT2D eigenvalue weighted by molar-refractivity contribution is 5.80. The number of hydrogen-bond donors (Lipinski definition) is 2. The van der Waals surface area contributed by atoms with Gasteiger partial charge in [-0.1, -0.05) is 18.6 Å². The Hall–Kier alpha value is -1.79. The van der Waals surface area contributed by atoms with Crippen LogP contribution in [-0.2, 0) is 0 Å². The number of methoxy groups -OCH3 is 1. The first-order chi connectivity index (χ1) is 14.6. The summed E-state index contributed by atoms with van der Waals surface area (Å²) in [6.45, 7) is 10.1. The van der Waals surface area contributed by atoms with Gasteiger partial charge in [0.2, 0.25) is 0 Å². The van der Waals surface area contributed by atoms with Crippen LogP contribution in [0.1, 0.15) is 57.6 Å². The molecule has 2 aliphatic heterocycles. The lowest BCUT2D eigenvalue weighted by Gasteiger charge is -2.37. The third kappa shape index (κ3) is 6.35. The van der Waals surface area contributed by atoms with Crippen molar-refractivity contribution in [2.75, 3.05) is 46.9 Å². The van der Waals surface area contributed by atoms with Crippen LogP contribution in [0.15, 0.2) is 29.3 Å². The van der Waals surface area contributed by atoms with E-state index in [9.17, 15) is 0 Å². The number of nitrogens with one attached hydrogen (secondary N) is 2. The van der Waals surface area contributed by atoms with Crippen molar-refractivity contribution in [1.29, 1.82) is 0 Å². The third-order valence-corrected chi connectivity index (χ3v) is 6.62. The number of benzene rings is 1. The Kier molecular flexibility index (Phi) is 8.82. The van der Waals surface area contributed by atoms with Gasteiger partial charge in [0.1, 0.15) is 5.75 Å². The molecule has 2 heterocycles. The van der Waals surface area contributed by atoms with Crippen molar-refractivity contribution < 1.29 is 4.74 Å². The molecule has 2 aliphatic rings. The van der Waals surface area contributed by atoms with Crippen molar-refractivity contribution in [2.24, 2.45) is 4.99 Å². The second-order valence-electron chi connectivity index (χ2n) is 8.89. The van der Waals surface area contributed by atoms with E-state index in [1.54, 1.807) is 7.11 Å². The van der Waals surface area contributed by atoms with Crippen molar-refractivity contribution in [1.82, 2.24) is 20.4 Å². The maximum absolute atomic E-state index is 5.36. The summed E-state index contributed by atoms with van der Waals surface area (Å²) in [6.07, 6.45) is 6.26. The topological polar surface area (TPSA) is 52.1 Å². The molecule has 1 aromatic rings. The number of ether oxygens (including phenoxy) is 1. The molecule has 1 atom stereocenters. The predicted octanol–water partition coefficient (Wildman–Crippen LogP) is 3.26. The molecule has 2 saturated heterocycles. The van der Waals surface area contributed by atoms with E-state index in [1.165, 1.54) is 37.7 Å². The molecule has 0 radical (unpaired) electrons. The van der Waals surface area contributed by atoms with Crippen LogP contribution in [0.2, 0.25) is 0 Å². The van der Waals surface area contributed by atoms with Gasteiger partial charge in [0, 0.05) is 38.8 Å². The van der Waals surface area contributed by atoms with Gasteiger partial charge in [0.25, 0.3) is 0 Å². The normalized spacial score (nSPS) is 20.9. The smallest absolute Gasteiger partial charge is 0.191 e. The molecule has 6 nitrogen and oxygen atoms in total. The largest absolute Gasteiger partial charge is 0.497 e. The number of guanidine groups is 1. The van der Waals surface area contributed by atoms with E-state index in [-0.39, 0.29) is 0 Å². The van der Waals surface area contributed by atoms with E-state index < -0.39 is 0 Å². The van der Waals surface area contributed by atoms with Crippen LogP contribution >= 0.6 is 0 Å². The number of nitrogens with zero attached hydrogens (tertiary/aromatic N) is 3. The first-order valence-corrected chi connectivity index (χ1v) is 11.7. The van der Waals surface area contributed by atoms with Gasteiger partial charge in [-0.2, -0.15) is 0 Å². The first kappa shape index (κ1) is 22.9. The second-order valence-corrected chi connectivity index (χ2v) is 8.89. The zero-order valence-corrected chi connectivity index (χ0v) is 19.4. The van der Waals surface area contributed by atoms with Gasteiger partial charge >= 0.3 is 0 Å². The lowest BCUT2D eigenvalue weighted by Crippen LogP contribution is -2.51. The maximum atomic E-state index is 5.36. The molecule has 0 saturated carbocycles. The number of likely N-dealkylation sites (tertiary alicyclic amines) is 2. The van der Waals surface area contributed by atoms with E-state index in [4.69, 9.17) is 4.74 Å². The van der Waals surface area contributed by atoms with E-state index in [0.717, 1.165) is 44.4 Å². The van der Waals surface area contributed by atoms with Crippen LogP contribution in [-0.4, -0.2) is 74.7 Å². The Bertz CT molecular complexity index is 646. The Morgan fingerprint density at radius 1 is 1.03 bits per heavy atom. The molecule has 2 N–H and O–H groups in total. The highest BCUT2D eigenvalue weighted by atomic mass is 16.5. The van der Waals surface area contributed by atoms with Crippen molar-refractivity contribution in [3.63, 3.8) is 0 Å². The van der Waals surface area contributed by atoms with Gasteiger partial charge in [-0.15, -0.1) is 0 Å². The molecule has 2 fully saturated rings. The van der Waals surface area contributed by atoms with Gasteiger partial charge < -0.3 is 20.3 Å². The van der Waals surface area contributed by atoms with Crippen LogP contribution in [0, 0.1) is 0 Å². The predicted molar refractivity (Wildman–Crippen MR) is 125 cm³/mol. The fraction of sp³-hybridized carbons (Fsp3) is 0.708. The molecule has 0 aliphatic carbocycles.